The number of amides is 4. The van der Waals surface area contributed by atoms with Crippen LogP contribution >= 0.6 is 11.3 Å². The molecule has 0 radical (unpaired) electrons. The van der Waals surface area contributed by atoms with Crippen molar-refractivity contribution < 1.29 is 22.8 Å². The van der Waals surface area contributed by atoms with Crippen molar-refractivity contribution in [3.05, 3.63) is 35.8 Å². The molecule has 12 heteroatoms. The molecule has 182 valence electrons. The lowest BCUT2D eigenvalue weighted by atomic mass is 9.64. The van der Waals surface area contributed by atoms with Gasteiger partial charge in [0.25, 0.3) is 15.9 Å². The van der Waals surface area contributed by atoms with Gasteiger partial charge in [0, 0.05) is 17.3 Å². The SMILES string of the molecule is C[C@@H]1CC(C)(C)C[C@]2(C1)NC(=O)N(CC(=O)Nc1ccc(S(=O)(=O)Nc3nccs3)cc1)C2=O. The van der Waals surface area contributed by atoms with Crippen LogP contribution in [0.2, 0.25) is 0 Å². The molecule has 2 fully saturated rings. The molecule has 1 aliphatic carbocycles. The van der Waals surface area contributed by atoms with Crippen LogP contribution in [0.1, 0.15) is 40.0 Å². The number of hydrogen-bond acceptors (Lipinski definition) is 7. The fourth-order valence-electron chi connectivity index (χ4n) is 5.16. The number of rotatable bonds is 6. The van der Waals surface area contributed by atoms with Gasteiger partial charge >= 0.3 is 6.03 Å². The van der Waals surface area contributed by atoms with Crippen LogP contribution in [0.3, 0.4) is 0 Å². The highest BCUT2D eigenvalue weighted by Gasteiger charge is 2.56. The quantitative estimate of drug-likeness (QED) is 0.516. The summed E-state index contributed by atoms with van der Waals surface area (Å²) in [5.74, 6) is -0.663. The Bertz CT molecular complexity index is 1210. The Kier molecular flexibility index (Phi) is 6.15. The zero-order valence-corrected chi connectivity index (χ0v) is 20.8. The van der Waals surface area contributed by atoms with Gasteiger partial charge in [-0.15, -0.1) is 11.3 Å². The average molecular weight is 506 g/mol. The fourth-order valence-corrected chi connectivity index (χ4v) is 6.95. The first-order valence-corrected chi connectivity index (χ1v) is 13.2. The first-order chi connectivity index (χ1) is 15.9. The van der Waals surface area contributed by atoms with Gasteiger partial charge in [-0.05, 0) is 54.9 Å². The van der Waals surface area contributed by atoms with E-state index in [4.69, 9.17) is 0 Å². The Balaban J connectivity index is 1.40. The first-order valence-electron chi connectivity index (χ1n) is 10.9. The number of hydrogen-bond donors (Lipinski definition) is 3. The van der Waals surface area contributed by atoms with E-state index in [0.717, 1.165) is 22.7 Å². The smallest absolute Gasteiger partial charge is 0.325 e. The molecule has 4 rings (SSSR count). The Morgan fingerprint density at radius 2 is 1.94 bits per heavy atom. The van der Waals surface area contributed by atoms with E-state index in [1.165, 1.54) is 30.5 Å². The van der Waals surface area contributed by atoms with Crippen LogP contribution in [0.15, 0.2) is 40.7 Å². The monoisotopic (exact) mass is 505 g/mol. The van der Waals surface area contributed by atoms with Crippen LogP contribution in [0.4, 0.5) is 15.6 Å². The minimum atomic E-state index is -3.81. The number of sulfonamides is 1. The molecule has 1 aromatic carbocycles. The number of nitrogens with zero attached hydrogens (tertiary/aromatic N) is 2. The number of nitrogens with one attached hydrogen (secondary N) is 3. The number of anilines is 2. The molecule has 2 atom stereocenters. The van der Waals surface area contributed by atoms with Crippen LogP contribution in [0.25, 0.3) is 0 Å². The molecule has 34 heavy (non-hydrogen) atoms. The van der Waals surface area contributed by atoms with E-state index in [0.29, 0.717) is 18.5 Å². The topological polar surface area (TPSA) is 138 Å². The molecule has 1 saturated carbocycles. The second-order valence-corrected chi connectivity index (χ2v) is 12.4. The minimum Gasteiger partial charge on any atom is -0.325 e. The minimum absolute atomic E-state index is 0.00534. The molecule has 0 bridgehead atoms. The Labute approximate surface area is 202 Å². The van der Waals surface area contributed by atoms with Gasteiger partial charge in [0.05, 0.1) is 4.90 Å². The fraction of sp³-hybridized carbons (Fsp3) is 0.455. The normalized spacial score (nSPS) is 24.2. The van der Waals surface area contributed by atoms with E-state index in [9.17, 15) is 22.8 Å². The average Bonchev–Trinajstić information content (AvgIpc) is 3.29. The summed E-state index contributed by atoms with van der Waals surface area (Å²) in [4.78, 5) is 43.2. The predicted octanol–water partition coefficient (Wildman–Crippen LogP) is 3.02. The van der Waals surface area contributed by atoms with Crippen molar-refractivity contribution in [1.82, 2.24) is 15.2 Å². The van der Waals surface area contributed by atoms with Gasteiger partial charge in [-0.2, -0.15) is 0 Å². The largest absolute Gasteiger partial charge is 0.325 e. The maximum Gasteiger partial charge on any atom is 0.325 e. The van der Waals surface area contributed by atoms with E-state index in [1.54, 1.807) is 5.38 Å². The lowest BCUT2D eigenvalue weighted by Gasteiger charge is -2.43. The van der Waals surface area contributed by atoms with Gasteiger partial charge < -0.3 is 10.6 Å². The highest BCUT2D eigenvalue weighted by molar-refractivity contribution is 7.93. The maximum atomic E-state index is 13.2. The van der Waals surface area contributed by atoms with E-state index in [2.05, 4.69) is 41.1 Å². The molecule has 3 N–H and O–H groups in total. The summed E-state index contributed by atoms with van der Waals surface area (Å²) in [5, 5.41) is 7.36. The second kappa shape index (κ2) is 8.66. The van der Waals surface area contributed by atoms with Crippen molar-refractivity contribution in [3.8, 4) is 0 Å². The van der Waals surface area contributed by atoms with Crippen molar-refractivity contribution in [2.45, 2.75) is 50.5 Å². The van der Waals surface area contributed by atoms with Crippen molar-refractivity contribution in [2.24, 2.45) is 11.3 Å². The maximum absolute atomic E-state index is 13.2. The number of benzene rings is 1. The molecular weight excluding hydrogens is 478 g/mol. The molecule has 1 aliphatic heterocycles. The predicted molar refractivity (Wildman–Crippen MR) is 128 cm³/mol. The molecule has 1 aromatic heterocycles. The third-order valence-corrected chi connectivity index (χ3v) is 8.20. The van der Waals surface area contributed by atoms with Crippen molar-refractivity contribution >= 4 is 50.0 Å². The highest BCUT2D eigenvalue weighted by atomic mass is 32.2. The zero-order valence-electron chi connectivity index (χ0n) is 19.1. The Morgan fingerprint density at radius 1 is 1.24 bits per heavy atom. The third-order valence-electron chi connectivity index (χ3n) is 6.03. The number of thiazole rings is 1. The van der Waals surface area contributed by atoms with Gasteiger partial charge in [0.1, 0.15) is 12.1 Å². The van der Waals surface area contributed by atoms with E-state index < -0.39 is 34.0 Å². The summed E-state index contributed by atoms with van der Waals surface area (Å²) >= 11 is 1.16. The number of imide groups is 1. The van der Waals surface area contributed by atoms with Crippen molar-refractivity contribution in [2.75, 3.05) is 16.6 Å². The Hall–Kier alpha value is -2.99. The van der Waals surface area contributed by atoms with Gasteiger partial charge in [-0.3, -0.25) is 19.2 Å². The molecule has 0 unspecified atom stereocenters. The number of carbonyl (C=O) groups is 3. The van der Waals surface area contributed by atoms with Crippen LogP contribution in [0.5, 0.6) is 0 Å². The summed E-state index contributed by atoms with van der Waals surface area (Å²) in [7, 11) is -3.81. The summed E-state index contributed by atoms with van der Waals surface area (Å²) in [6.45, 7) is 5.80. The summed E-state index contributed by atoms with van der Waals surface area (Å²) in [5.41, 5.74) is -0.735. The lowest BCUT2D eigenvalue weighted by Crippen LogP contribution is -2.54. The molecule has 1 saturated heterocycles. The van der Waals surface area contributed by atoms with E-state index in [-0.39, 0.29) is 27.3 Å². The lowest BCUT2D eigenvalue weighted by molar-refractivity contribution is -0.136. The number of carbonyl (C=O) groups excluding carboxylic acids is 3. The van der Waals surface area contributed by atoms with Crippen molar-refractivity contribution in [1.29, 1.82) is 0 Å². The van der Waals surface area contributed by atoms with E-state index >= 15 is 0 Å². The van der Waals surface area contributed by atoms with Crippen LogP contribution in [-0.4, -0.2) is 48.2 Å². The molecule has 2 heterocycles. The summed E-state index contributed by atoms with van der Waals surface area (Å²) in [6.07, 6.45) is 3.52. The second-order valence-electron chi connectivity index (χ2n) is 9.77. The van der Waals surface area contributed by atoms with Crippen LogP contribution in [0, 0.1) is 11.3 Å². The first kappa shape index (κ1) is 24.1. The molecule has 2 aliphatic rings. The highest BCUT2D eigenvalue weighted by Crippen LogP contribution is 2.46. The summed E-state index contributed by atoms with van der Waals surface area (Å²) in [6, 6.07) is 5.00. The van der Waals surface area contributed by atoms with Gasteiger partial charge in [0.2, 0.25) is 5.91 Å². The van der Waals surface area contributed by atoms with Crippen molar-refractivity contribution in [3.63, 3.8) is 0 Å². The van der Waals surface area contributed by atoms with Gasteiger partial charge in [0.15, 0.2) is 5.13 Å². The van der Waals surface area contributed by atoms with Gasteiger partial charge in [-0.1, -0.05) is 20.8 Å². The Morgan fingerprint density at radius 3 is 2.56 bits per heavy atom. The third kappa shape index (κ3) is 4.92. The van der Waals surface area contributed by atoms with E-state index in [1.807, 2.05) is 0 Å². The van der Waals surface area contributed by atoms with Crippen LogP contribution < -0.4 is 15.4 Å². The van der Waals surface area contributed by atoms with Gasteiger partial charge in [-0.25, -0.2) is 18.2 Å². The standard InChI is InChI=1S/C22H27N5O5S2/c1-14-10-21(2,3)13-22(11-14)18(29)27(20(30)25-22)12-17(28)24-15-4-6-16(7-5-15)34(31,32)26-19-23-8-9-33-19/h4-9,14H,10-13H2,1-3H3,(H,23,26)(H,24,28)(H,25,30)/t14-,22+/m1/s1. The molecule has 2 aromatic rings. The summed E-state index contributed by atoms with van der Waals surface area (Å²) < 4.78 is 27.2. The number of aromatic nitrogens is 1. The molecular formula is C22H27N5O5S2. The van der Waals surface area contributed by atoms with Crippen LogP contribution in [-0.2, 0) is 19.6 Å². The molecule has 4 amide bonds. The molecule has 1 spiro atoms. The zero-order chi connectivity index (χ0) is 24.7. The number of urea groups is 1. The molecule has 10 nitrogen and oxygen atoms in total.